The fourth-order valence-electron chi connectivity index (χ4n) is 1.05. The normalized spacial score (nSPS) is 12.3. The van der Waals surface area contributed by atoms with Gasteiger partial charge in [-0.05, 0) is 0 Å². The number of nitrogens with zero attached hydrogens (tertiary/aromatic N) is 1. The Kier molecular flexibility index (Phi) is 3.67. The van der Waals surface area contributed by atoms with E-state index in [4.69, 9.17) is 20.3 Å². The van der Waals surface area contributed by atoms with Gasteiger partial charge in [-0.3, -0.25) is 4.98 Å². The van der Waals surface area contributed by atoms with Gasteiger partial charge in [0.15, 0.2) is 11.5 Å². The zero-order chi connectivity index (χ0) is 10.6. The molecule has 0 fully saturated rings. The third kappa shape index (κ3) is 2.12. The van der Waals surface area contributed by atoms with Crippen LogP contribution in [-0.4, -0.2) is 30.9 Å². The van der Waals surface area contributed by atoms with Crippen LogP contribution in [0, 0.1) is 0 Å². The van der Waals surface area contributed by atoms with Crippen molar-refractivity contribution in [1.29, 1.82) is 0 Å². The maximum Gasteiger partial charge on any atom is 0.179 e. The van der Waals surface area contributed by atoms with Crippen LogP contribution in [0.1, 0.15) is 11.7 Å². The lowest BCUT2D eigenvalue weighted by molar-refractivity contribution is 0.265. The SMILES string of the molecule is COc1cnc(C(N)CO)cc1OC. The predicted molar refractivity (Wildman–Crippen MR) is 51.4 cm³/mol. The van der Waals surface area contributed by atoms with Gasteiger partial charge >= 0.3 is 0 Å². The molecule has 0 aliphatic rings. The van der Waals surface area contributed by atoms with Crippen LogP contribution in [0.15, 0.2) is 12.3 Å². The smallest absolute Gasteiger partial charge is 0.179 e. The highest BCUT2D eigenvalue weighted by Gasteiger charge is 2.10. The molecule has 14 heavy (non-hydrogen) atoms. The molecule has 0 bridgehead atoms. The van der Waals surface area contributed by atoms with Gasteiger partial charge in [-0.15, -0.1) is 0 Å². The molecule has 0 radical (unpaired) electrons. The van der Waals surface area contributed by atoms with Crippen molar-refractivity contribution in [3.63, 3.8) is 0 Å². The van der Waals surface area contributed by atoms with Crippen molar-refractivity contribution >= 4 is 0 Å². The molecule has 0 aliphatic carbocycles. The van der Waals surface area contributed by atoms with Gasteiger partial charge in [-0.1, -0.05) is 0 Å². The monoisotopic (exact) mass is 198 g/mol. The Morgan fingerprint density at radius 2 is 2.07 bits per heavy atom. The van der Waals surface area contributed by atoms with Crippen LogP contribution in [0.5, 0.6) is 11.5 Å². The summed E-state index contributed by atoms with van der Waals surface area (Å²) >= 11 is 0. The number of aliphatic hydroxyl groups excluding tert-OH is 1. The minimum atomic E-state index is -0.491. The van der Waals surface area contributed by atoms with Crippen LogP contribution in [0.25, 0.3) is 0 Å². The molecule has 78 valence electrons. The fraction of sp³-hybridized carbons (Fsp3) is 0.444. The summed E-state index contributed by atoms with van der Waals surface area (Å²) in [5.74, 6) is 1.10. The zero-order valence-corrected chi connectivity index (χ0v) is 8.23. The van der Waals surface area contributed by atoms with Crippen molar-refractivity contribution in [3.05, 3.63) is 18.0 Å². The second-order valence-corrected chi connectivity index (χ2v) is 2.75. The van der Waals surface area contributed by atoms with Gasteiger partial charge in [0.1, 0.15) is 0 Å². The van der Waals surface area contributed by atoms with Gasteiger partial charge in [0, 0.05) is 6.07 Å². The van der Waals surface area contributed by atoms with E-state index in [1.165, 1.54) is 20.4 Å². The Bertz CT molecular complexity index is 304. The Morgan fingerprint density at radius 3 is 2.57 bits per heavy atom. The zero-order valence-electron chi connectivity index (χ0n) is 8.23. The van der Waals surface area contributed by atoms with Gasteiger partial charge < -0.3 is 20.3 Å². The molecule has 3 N–H and O–H groups in total. The van der Waals surface area contributed by atoms with Gasteiger partial charge in [-0.25, -0.2) is 0 Å². The highest BCUT2D eigenvalue weighted by molar-refractivity contribution is 5.39. The van der Waals surface area contributed by atoms with E-state index in [1.54, 1.807) is 6.07 Å². The minimum Gasteiger partial charge on any atom is -0.493 e. The molecular weight excluding hydrogens is 184 g/mol. The molecule has 0 saturated heterocycles. The number of nitrogens with two attached hydrogens (primary N) is 1. The Hall–Kier alpha value is -1.33. The summed E-state index contributed by atoms with van der Waals surface area (Å²) in [5, 5.41) is 8.84. The van der Waals surface area contributed by atoms with E-state index in [0.717, 1.165) is 0 Å². The number of rotatable bonds is 4. The number of aliphatic hydroxyl groups is 1. The molecule has 1 aromatic heterocycles. The second-order valence-electron chi connectivity index (χ2n) is 2.75. The summed E-state index contributed by atoms with van der Waals surface area (Å²) in [4.78, 5) is 4.04. The van der Waals surface area contributed by atoms with Crippen LogP contribution < -0.4 is 15.2 Å². The van der Waals surface area contributed by atoms with E-state index in [1.807, 2.05) is 0 Å². The Morgan fingerprint density at radius 1 is 1.43 bits per heavy atom. The van der Waals surface area contributed by atoms with Crippen LogP contribution in [0.4, 0.5) is 0 Å². The summed E-state index contributed by atoms with van der Waals surface area (Å²) in [6, 6.07) is 1.16. The standard InChI is InChI=1S/C9H14N2O3/c1-13-8-3-7(6(10)5-12)11-4-9(8)14-2/h3-4,6,12H,5,10H2,1-2H3. The topological polar surface area (TPSA) is 77.6 Å². The van der Waals surface area contributed by atoms with Crippen LogP contribution in [-0.2, 0) is 0 Å². The minimum absolute atomic E-state index is 0.150. The van der Waals surface area contributed by atoms with Crippen LogP contribution >= 0.6 is 0 Å². The molecular formula is C9H14N2O3. The summed E-state index contributed by atoms with van der Waals surface area (Å²) in [6.07, 6.45) is 1.52. The molecule has 1 aromatic rings. The average molecular weight is 198 g/mol. The number of aromatic nitrogens is 1. The maximum atomic E-state index is 8.84. The molecule has 5 nitrogen and oxygen atoms in total. The van der Waals surface area contributed by atoms with Crippen molar-refractivity contribution in [2.45, 2.75) is 6.04 Å². The Labute approximate surface area is 82.5 Å². The van der Waals surface area contributed by atoms with Gasteiger partial charge in [0.25, 0.3) is 0 Å². The van der Waals surface area contributed by atoms with Crippen molar-refractivity contribution in [2.24, 2.45) is 5.73 Å². The first-order valence-electron chi connectivity index (χ1n) is 4.17. The highest BCUT2D eigenvalue weighted by Crippen LogP contribution is 2.27. The number of hydrogen-bond donors (Lipinski definition) is 2. The molecule has 0 aromatic carbocycles. The molecule has 5 heteroatoms. The third-order valence-electron chi connectivity index (χ3n) is 1.87. The van der Waals surface area contributed by atoms with Crippen LogP contribution in [0.2, 0.25) is 0 Å². The van der Waals surface area contributed by atoms with E-state index in [0.29, 0.717) is 17.2 Å². The number of hydrogen-bond acceptors (Lipinski definition) is 5. The van der Waals surface area contributed by atoms with Crippen molar-refractivity contribution < 1.29 is 14.6 Å². The summed E-state index contributed by atoms with van der Waals surface area (Å²) < 4.78 is 10.1. The predicted octanol–water partition coefficient (Wildman–Crippen LogP) is 0.0909. The van der Waals surface area contributed by atoms with Gasteiger partial charge in [0.05, 0.1) is 38.8 Å². The molecule has 1 rings (SSSR count). The quantitative estimate of drug-likeness (QED) is 0.717. The first-order chi connectivity index (χ1) is 6.72. The average Bonchev–Trinajstić information content (AvgIpc) is 2.26. The van der Waals surface area contributed by atoms with Crippen molar-refractivity contribution in [3.8, 4) is 11.5 Å². The summed E-state index contributed by atoms with van der Waals surface area (Å²) in [7, 11) is 3.07. The Balaban J connectivity index is 3.01. The fourth-order valence-corrected chi connectivity index (χ4v) is 1.05. The highest BCUT2D eigenvalue weighted by atomic mass is 16.5. The van der Waals surface area contributed by atoms with E-state index in [9.17, 15) is 0 Å². The lowest BCUT2D eigenvalue weighted by Gasteiger charge is -2.11. The van der Waals surface area contributed by atoms with Crippen molar-refractivity contribution in [1.82, 2.24) is 4.98 Å². The van der Waals surface area contributed by atoms with E-state index in [-0.39, 0.29) is 6.61 Å². The van der Waals surface area contributed by atoms with Crippen molar-refractivity contribution in [2.75, 3.05) is 20.8 Å². The van der Waals surface area contributed by atoms with E-state index in [2.05, 4.69) is 4.98 Å². The molecule has 1 atom stereocenters. The van der Waals surface area contributed by atoms with Gasteiger partial charge in [-0.2, -0.15) is 0 Å². The molecule has 0 saturated carbocycles. The molecule has 0 aliphatic heterocycles. The number of ether oxygens (including phenoxy) is 2. The largest absolute Gasteiger partial charge is 0.493 e. The summed E-state index contributed by atoms with van der Waals surface area (Å²) in [5.41, 5.74) is 6.17. The van der Waals surface area contributed by atoms with Crippen LogP contribution in [0.3, 0.4) is 0 Å². The van der Waals surface area contributed by atoms with Gasteiger partial charge in [0.2, 0.25) is 0 Å². The van der Waals surface area contributed by atoms with E-state index < -0.39 is 6.04 Å². The molecule has 1 unspecified atom stereocenters. The number of pyridine rings is 1. The number of methoxy groups -OCH3 is 2. The molecule has 1 heterocycles. The molecule has 0 spiro atoms. The molecule has 0 amide bonds. The second kappa shape index (κ2) is 4.78. The first kappa shape index (κ1) is 10.7. The summed E-state index contributed by atoms with van der Waals surface area (Å²) in [6.45, 7) is -0.150. The first-order valence-corrected chi connectivity index (χ1v) is 4.17. The lowest BCUT2D eigenvalue weighted by Crippen LogP contribution is -2.16. The maximum absolute atomic E-state index is 8.84. The lowest BCUT2D eigenvalue weighted by atomic mass is 10.2. The van der Waals surface area contributed by atoms with E-state index >= 15 is 0 Å². The third-order valence-corrected chi connectivity index (χ3v) is 1.87.